The lowest BCUT2D eigenvalue weighted by Crippen LogP contribution is -2.58. The number of benzene rings is 2. The van der Waals surface area contributed by atoms with Crippen molar-refractivity contribution in [2.45, 2.75) is 63.8 Å². The third-order valence-electron chi connectivity index (χ3n) is 8.76. The van der Waals surface area contributed by atoms with E-state index in [1.165, 1.54) is 38.5 Å². The third kappa shape index (κ3) is 4.98. The molecule has 0 saturated heterocycles. The molecule has 0 radical (unpaired) electrons. The van der Waals surface area contributed by atoms with Crippen LogP contribution in [0.2, 0.25) is 15.1 Å². The van der Waals surface area contributed by atoms with E-state index in [2.05, 4.69) is 5.32 Å². The second kappa shape index (κ2) is 10.0. The molecule has 4 aliphatic carbocycles. The van der Waals surface area contributed by atoms with Gasteiger partial charge >= 0.3 is 0 Å². The maximum absolute atomic E-state index is 13.4. The van der Waals surface area contributed by atoms with Gasteiger partial charge in [0.1, 0.15) is 5.69 Å². The van der Waals surface area contributed by atoms with Gasteiger partial charge in [0.15, 0.2) is 5.78 Å². The van der Waals surface area contributed by atoms with E-state index < -0.39 is 0 Å². The number of ketones is 1. The molecule has 1 aromatic heterocycles. The Morgan fingerprint density at radius 2 is 1.59 bits per heavy atom. The zero-order valence-electron chi connectivity index (χ0n) is 21.1. The monoisotopic (exact) mass is 555 g/mol. The fraction of sp³-hybridized carbons (Fsp3) is 0.467. The van der Waals surface area contributed by atoms with Crippen molar-refractivity contribution >= 4 is 40.6 Å². The summed E-state index contributed by atoms with van der Waals surface area (Å²) in [5, 5.41) is 10.4. The Bertz CT molecular complexity index is 1300. The van der Waals surface area contributed by atoms with Crippen LogP contribution in [0.15, 0.2) is 42.5 Å². The number of Topliss-reactive ketones (excluding diaryl/α,β-unsaturated/α-hetero) is 1. The first-order valence-corrected chi connectivity index (χ1v) is 14.5. The molecule has 0 aliphatic heterocycles. The van der Waals surface area contributed by atoms with E-state index in [4.69, 9.17) is 39.9 Å². The highest BCUT2D eigenvalue weighted by Crippen LogP contribution is 2.55. The fourth-order valence-corrected chi connectivity index (χ4v) is 8.20. The summed E-state index contributed by atoms with van der Waals surface area (Å²) in [5.41, 5.74) is 4.08. The summed E-state index contributed by atoms with van der Waals surface area (Å²) >= 11 is 18.9. The van der Waals surface area contributed by atoms with E-state index in [-0.39, 0.29) is 5.78 Å². The third-order valence-corrected chi connectivity index (χ3v) is 9.55. The molecule has 1 N–H and O–H groups in total. The van der Waals surface area contributed by atoms with Crippen LogP contribution in [0.25, 0.3) is 16.9 Å². The van der Waals surface area contributed by atoms with Gasteiger partial charge in [0, 0.05) is 33.1 Å². The van der Waals surface area contributed by atoms with Crippen molar-refractivity contribution in [3.05, 3.63) is 68.8 Å². The average molecular weight is 557 g/mol. The van der Waals surface area contributed by atoms with Crippen molar-refractivity contribution in [2.24, 2.45) is 17.8 Å². The number of carbonyl (C=O) groups is 1. The Morgan fingerprint density at radius 3 is 2.22 bits per heavy atom. The smallest absolute Gasteiger partial charge is 0.183 e. The first-order valence-electron chi connectivity index (χ1n) is 13.4. The lowest BCUT2D eigenvalue weighted by Gasteiger charge is -2.57. The molecule has 7 heteroatoms. The number of hydrogen-bond acceptors (Lipinski definition) is 3. The minimum absolute atomic E-state index is 0.0591. The first kappa shape index (κ1) is 25.4. The molecule has 4 saturated carbocycles. The van der Waals surface area contributed by atoms with E-state index in [0.717, 1.165) is 47.5 Å². The number of nitrogens with one attached hydrogen (secondary N) is 1. The molecule has 0 atom stereocenters. The molecule has 4 nitrogen and oxygen atoms in total. The van der Waals surface area contributed by atoms with E-state index in [0.29, 0.717) is 38.4 Å². The second-order valence-electron chi connectivity index (χ2n) is 11.5. The highest BCUT2D eigenvalue weighted by Gasteiger charge is 2.50. The van der Waals surface area contributed by atoms with Gasteiger partial charge in [-0.25, -0.2) is 4.68 Å². The highest BCUT2D eigenvalue weighted by atomic mass is 35.5. The van der Waals surface area contributed by atoms with Gasteiger partial charge in [0.25, 0.3) is 0 Å². The Morgan fingerprint density at radius 1 is 0.973 bits per heavy atom. The number of carbonyl (C=O) groups excluding carboxylic acids is 1. The number of nitrogens with zero attached hydrogens (tertiary/aromatic N) is 2. The highest BCUT2D eigenvalue weighted by molar-refractivity contribution is 6.35. The molecule has 4 aliphatic rings. The van der Waals surface area contributed by atoms with Gasteiger partial charge in [0.05, 0.1) is 16.4 Å². The Labute approximate surface area is 233 Å². The molecule has 0 spiro atoms. The molecule has 4 fully saturated rings. The number of hydrogen-bond donors (Lipinski definition) is 1. The van der Waals surface area contributed by atoms with Crippen LogP contribution in [-0.2, 0) is 0 Å². The Kier molecular flexibility index (Phi) is 6.90. The number of aromatic nitrogens is 2. The maximum Gasteiger partial charge on any atom is 0.183 e. The van der Waals surface area contributed by atoms with Crippen LogP contribution in [0.5, 0.6) is 0 Å². The Balaban J connectivity index is 1.21. The van der Waals surface area contributed by atoms with E-state index in [1.54, 1.807) is 16.8 Å². The topological polar surface area (TPSA) is 46.9 Å². The molecular formula is C30H32Cl3N3O. The first-order chi connectivity index (χ1) is 17.8. The molecule has 194 valence electrons. The van der Waals surface area contributed by atoms with Crippen LogP contribution >= 0.6 is 34.8 Å². The molecule has 2 aromatic carbocycles. The summed E-state index contributed by atoms with van der Waals surface area (Å²) in [5.74, 6) is 2.80. The van der Waals surface area contributed by atoms with Gasteiger partial charge < -0.3 is 5.32 Å². The lowest BCUT2D eigenvalue weighted by atomic mass is 9.53. The fourth-order valence-electron chi connectivity index (χ4n) is 7.58. The summed E-state index contributed by atoms with van der Waals surface area (Å²) in [4.78, 5) is 13.4. The van der Waals surface area contributed by atoms with Crippen molar-refractivity contribution in [2.75, 3.05) is 6.54 Å². The molecule has 1 heterocycles. The predicted octanol–water partition coefficient (Wildman–Crippen LogP) is 8.33. The summed E-state index contributed by atoms with van der Waals surface area (Å²) in [7, 11) is 0. The van der Waals surface area contributed by atoms with Crippen LogP contribution in [0.3, 0.4) is 0 Å². The molecular weight excluding hydrogens is 525 g/mol. The molecule has 4 bridgehead atoms. The van der Waals surface area contributed by atoms with Crippen molar-refractivity contribution in [3.8, 4) is 16.9 Å². The number of rotatable bonds is 8. The summed E-state index contributed by atoms with van der Waals surface area (Å²) in [6.07, 6.45) is 9.56. The molecule has 7 rings (SSSR count). The van der Waals surface area contributed by atoms with Crippen molar-refractivity contribution in [1.29, 1.82) is 0 Å². The average Bonchev–Trinajstić information content (AvgIpc) is 3.18. The summed E-state index contributed by atoms with van der Waals surface area (Å²) in [6, 6.07) is 12.9. The van der Waals surface area contributed by atoms with Crippen molar-refractivity contribution in [1.82, 2.24) is 15.1 Å². The maximum atomic E-state index is 13.4. The van der Waals surface area contributed by atoms with Gasteiger partial charge in [0.2, 0.25) is 0 Å². The standard InChI is InChI=1S/C30H32Cl3N3O/c1-18-28(27(37)3-2-10-34-30-15-19-11-20(16-30)13-21(12-19)17-30)35-36(26-9-8-24(32)14-25(26)33)29(18)22-4-6-23(31)7-5-22/h4-9,14,19-21,34H,2-3,10-13,15-17H2,1H3. The van der Waals surface area contributed by atoms with Gasteiger partial charge in [-0.2, -0.15) is 5.10 Å². The van der Waals surface area contributed by atoms with Crippen molar-refractivity contribution in [3.63, 3.8) is 0 Å². The zero-order chi connectivity index (χ0) is 25.7. The van der Waals surface area contributed by atoms with Gasteiger partial charge in [-0.1, -0.05) is 46.9 Å². The number of halogens is 3. The van der Waals surface area contributed by atoms with Gasteiger partial charge in [-0.15, -0.1) is 0 Å². The van der Waals surface area contributed by atoms with Crippen LogP contribution < -0.4 is 5.32 Å². The van der Waals surface area contributed by atoms with Crippen LogP contribution in [-0.4, -0.2) is 27.6 Å². The minimum Gasteiger partial charge on any atom is -0.311 e. The van der Waals surface area contributed by atoms with E-state index in [1.807, 2.05) is 37.3 Å². The quantitative estimate of drug-likeness (QED) is 0.224. The SMILES string of the molecule is Cc1c(C(=O)CCCNC23CC4CC(CC(C4)C2)C3)nn(-c2ccc(Cl)cc2Cl)c1-c1ccc(Cl)cc1. The normalized spacial score (nSPS) is 26.1. The molecule has 3 aromatic rings. The second-order valence-corrected chi connectivity index (χ2v) is 12.8. The molecule has 37 heavy (non-hydrogen) atoms. The van der Waals surface area contributed by atoms with Crippen LogP contribution in [0.4, 0.5) is 0 Å². The van der Waals surface area contributed by atoms with Crippen LogP contribution in [0.1, 0.15) is 67.4 Å². The van der Waals surface area contributed by atoms with Crippen LogP contribution in [0, 0.1) is 24.7 Å². The molecule has 0 unspecified atom stereocenters. The molecule has 0 amide bonds. The predicted molar refractivity (Wildman–Crippen MR) is 151 cm³/mol. The van der Waals surface area contributed by atoms with Gasteiger partial charge in [-0.05, 0) is 106 Å². The largest absolute Gasteiger partial charge is 0.311 e. The zero-order valence-corrected chi connectivity index (χ0v) is 23.3. The lowest BCUT2D eigenvalue weighted by molar-refractivity contribution is -0.0195. The Hall–Kier alpha value is -1.85. The minimum atomic E-state index is 0.0591. The van der Waals surface area contributed by atoms with Gasteiger partial charge in [-0.3, -0.25) is 4.79 Å². The summed E-state index contributed by atoms with van der Waals surface area (Å²) in [6.45, 7) is 2.84. The van der Waals surface area contributed by atoms with Crippen molar-refractivity contribution < 1.29 is 4.79 Å². The summed E-state index contributed by atoms with van der Waals surface area (Å²) < 4.78 is 1.76. The van der Waals surface area contributed by atoms with E-state index in [9.17, 15) is 4.79 Å². The van der Waals surface area contributed by atoms with E-state index >= 15 is 0 Å².